The van der Waals surface area contributed by atoms with E-state index in [2.05, 4.69) is 10.2 Å². The normalized spacial score (nSPS) is 11.6. The number of nitro benzene ring substituents is 1. The first kappa shape index (κ1) is 19.3. The number of aromatic nitrogens is 2. The van der Waals surface area contributed by atoms with Gasteiger partial charge in [0.05, 0.1) is 4.92 Å². The van der Waals surface area contributed by atoms with Gasteiger partial charge in [-0.15, -0.1) is 10.2 Å². The van der Waals surface area contributed by atoms with E-state index in [0.29, 0.717) is 16.3 Å². The van der Waals surface area contributed by atoms with Gasteiger partial charge in [-0.3, -0.25) is 10.1 Å². The third-order valence-electron chi connectivity index (χ3n) is 3.57. The number of carbonyl (C=O) groups excluding carboxylic acids is 1. The number of carbonyl (C=O) groups is 1. The standard InChI is InChI=1S/C18H14ClN3O6/c1-11(27-16(23)10-26-15-4-2-3-13(19)9-15)17-20-21-18(28-17)12-5-7-14(8-6-12)22(24)25/h2-9,11H,10H2,1H3/t11-/m0/s1. The number of rotatable bonds is 7. The Labute approximate surface area is 164 Å². The van der Waals surface area contributed by atoms with Crippen LogP contribution in [0.4, 0.5) is 5.69 Å². The molecule has 0 amide bonds. The fourth-order valence-corrected chi connectivity index (χ4v) is 2.40. The predicted octanol–water partition coefficient (Wildman–Crippen LogP) is 3.98. The summed E-state index contributed by atoms with van der Waals surface area (Å²) < 4.78 is 16.0. The van der Waals surface area contributed by atoms with Gasteiger partial charge in [-0.2, -0.15) is 0 Å². The molecule has 3 aromatic rings. The molecular formula is C18H14ClN3O6. The van der Waals surface area contributed by atoms with Crippen LogP contribution in [0.15, 0.2) is 52.9 Å². The number of hydrogen-bond donors (Lipinski definition) is 0. The van der Waals surface area contributed by atoms with E-state index in [4.69, 9.17) is 25.5 Å². The molecule has 0 N–H and O–H groups in total. The number of non-ortho nitro benzene ring substituents is 1. The molecule has 1 atom stereocenters. The first-order valence-corrected chi connectivity index (χ1v) is 8.46. The lowest BCUT2D eigenvalue weighted by Gasteiger charge is -2.10. The number of benzene rings is 2. The van der Waals surface area contributed by atoms with E-state index in [1.807, 2.05) is 0 Å². The van der Waals surface area contributed by atoms with Gasteiger partial charge in [0, 0.05) is 22.7 Å². The molecule has 0 bridgehead atoms. The fraction of sp³-hybridized carbons (Fsp3) is 0.167. The highest BCUT2D eigenvalue weighted by Crippen LogP contribution is 2.24. The van der Waals surface area contributed by atoms with Gasteiger partial charge in [-0.1, -0.05) is 17.7 Å². The monoisotopic (exact) mass is 403 g/mol. The molecule has 2 aromatic carbocycles. The second-order valence-electron chi connectivity index (χ2n) is 5.63. The zero-order valence-corrected chi connectivity index (χ0v) is 15.3. The quantitative estimate of drug-likeness (QED) is 0.330. The van der Waals surface area contributed by atoms with E-state index in [-0.39, 0.29) is 24.1 Å². The van der Waals surface area contributed by atoms with Crippen LogP contribution in [0.5, 0.6) is 5.75 Å². The second kappa shape index (κ2) is 8.49. The first-order chi connectivity index (χ1) is 13.4. The van der Waals surface area contributed by atoms with E-state index < -0.39 is 17.0 Å². The Bertz CT molecular complexity index is 989. The highest BCUT2D eigenvalue weighted by atomic mass is 35.5. The molecular weight excluding hydrogens is 390 g/mol. The Morgan fingerprint density at radius 1 is 1.25 bits per heavy atom. The Kier molecular flexibility index (Phi) is 5.85. The van der Waals surface area contributed by atoms with Crippen LogP contribution < -0.4 is 4.74 Å². The van der Waals surface area contributed by atoms with Crippen molar-refractivity contribution in [1.82, 2.24) is 10.2 Å². The lowest BCUT2D eigenvalue weighted by Crippen LogP contribution is -2.17. The van der Waals surface area contributed by atoms with Gasteiger partial charge in [0.2, 0.25) is 5.89 Å². The topological polar surface area (TPSA) is 118 Å². The highest BCUT2D eigenvalue weighted by Gasteiger charge is 2.19. The molecule has 0 aliphatic heterocycles. The summed E-state index contributed by atoms with van der Waals surface area (Å²) in [6.45, 7) is 1.26. The van der Waals surface area contributed by atoms with Gasteiger partial charge >= 0.3 is 5.97 Å². The van der Waals surface area contributed by atoms with Crippen LogP contribution in [0.25, 0.3) is 11.5 Å². The van der Waals surface area contributed by atoms with Gasteiger partial charge in [0.15, 0.2) is 12.7 Å². The molecule has 0 saturated carbocycles. The Morgan fingerprint density at radius 3 is 2.68 bits per heavy atom. The molecule has 144 valence electrons. The number of nitro groups is 1. The maximum absolute atomic E-state index is 11.9. The summed E-state index contributed by atoms with van der Waals surface area (Å²) in [5, 5.41) is 18.9. The summed E-state index contributed by atoms with van der Waals surface area (Å²) in [7, 11) is 0. The van der Waals surface area contributed by atoms with Crippen LogP contribution in [-0.2, 0) is 9.53 Å². The zero-order valence-electron chi connectivity index (χ0n) is 14.6. The number of esters is 1. The van der Waals surface area contributed by atoms with Crippen molar-refractivity contribution in [2.75, 3.05) is 6.61 Å². The summed E-state index contributed by atoms with van der Waals surface area (Å²) in [5.41, 5.74) is 0.456. The molecule has 10 heteroatoms. The average molecular weight is 404 g/mol. The lowest BCUT2D eigenvalue weighted by molar-refractivity contribution is -0.384. The molecule has 1 aromatic heterocycles. The van der Waals surface area contributed by atoms with Crippen LogP contribution in [0.3, 0.4) is 0 Å². The first-order valence-electron chi connectivity index (χ1n) is 8.08. The second-order valence-corrected chi connectivity index (χ2v) is 6.06. The van der Waals surface area contributed by atoms with Crippen molar-refractivity contribution in [1.29, 1.82) is 0 Å². The van der Waals surface area contributed by atoms with E-state index in [0.717, 1.165) is 0 Å². The smallest absolute Gasteiger partial charge is 0.344 e. The van der Waals surface area contributed by atoms with Crippen LogP contribution in [0, 0.1) is 10.1 Å². The molecule has 0 aliphatic rings. The third-order valence-corrected chi connectivity index (χ3v) is 3.81. The minimum atomic E-state index is -0.797. The van der Waals surface area contributed by atoms with Gasteiger partial charge in [-0.25, -0.2) is 4.79 Å². The van der Waals surface area contributed by atoms with Gasteiger partial charge < -0.3 is 13.9 Å². The number of halogens is 1. The molecule has 0 spiro atoms. The number of hydrogen-bond acceptors (Lipinski definition) is 8. The third kappa shape index (κ3) is 4.83. The number of nitrogens with zero attached hydrogens (tertiary/aromatic N) is 3. The van der Waals surface area contributed by atoms with Crippen molar-refractivity contribution >= 4 is 23.3 Å². The SMILES string of the molecule is C[C@H](OC(=O)COc1cccc(Cl)c1)c1nnc(-c2ccc([N+](=O)[O-])cc2)o1. The van der Waals surface area contributed by atoms with Crippen LogP contribution in [0.2, 0.25) is 5.02 Å². The van der Waals surface area contributed by atoms with Crippen LogP contribution in [-0.4, -0.2) is 27.7 Å². The Balaban J connectivity index is 1.58. The molecule has 0 unspecified atom stereocenters. The summed E-state index contributed by atoms with van der Waals surface area (Å²) in [6.07, 6.45) is -0.797. The fourth-order valence-electron chi connectivity index (χ4n) is 2.22. The minimum Gasteiger partial charge on any atom is -0.482 e. The average Bonchev–Trinajstić information content (AvgIpc) is 3.17. The van der Waals surface area contributed by atoms with Crippen LogP contribution in [0.1, 0.15) is 18.9 Å². The molecule has 0 aliphatic carbocycles. The van der Waals surface area contributed by atoms with Crippen molar-refractivity contribution < 1.29 is 23.6 Å². The molecule has 0 radical (unpaired) electrons. The minimum absolute atomic E-state index is 0.0505. The molecule has 28 heavy (non-hydrogen) atoms. The predicted molar refractivity (Wildman–Crippen MR) is 97.8 cm³/mol. The molecule has 9 nitrogen and oxygen atoms in total. The molecule has 0 fully saturated rings. The van der Waals surface area contributed by atoms with Gasteiger partial charge in [-0.05, 0) is 37.3 Å². The Hall–Kier alpha value is -3.46. The summed E-state index contributed by atoms with van der Waals surface area (Å²) in [4.78, 5) is 22.1. The van der Waals surface area contributed by atoms with Crippen molar-refractivity contribution in [3.05, 3.63) is 69.6 Å². The lowest BCUT2D eigenvalue weighted by atomic mass is 10.2. The van der Waals surface area contributed by atoms with E-state index >= 15 is 0 Å². The zero-order chi connectivity index (χ0) is 20.1. The molecule has 0 saturated heterocycles. The molecule has 1 heterocycles. The maximum Gasteiger partial charge on any atom is 0.344 e. The summed E-state index contributed by atoms with van der Waals surface area (Å²) >= 11 is 5.84. The van der Waals surface area contributed by atoms with Crippen molar-refractivity contribution in [3.63, 3.8) is 0 Å². The Morgan fingerprint density at radius 2 is 2.00 bits per heavy atom. The number of ether oxygens (including phenoxy) is 2. The van der Waals surface area contributed by atoms with Crippen molar-refractivity contribution in [2.45, 2.75) is 13.0 Å². The van der Waals surface area contributed by atoms with E-state index in [1.165, 1.54) is 24.3 Å². The van der Waals surface area contributed by atoms with Gasteiger partial charge in [0.25, 0.3) is 11.6 Å². The maximum atomic E-state index is 11.9. The summed E-state index contributed by atoms with van der Waals surface area (Å²) in [6, 6.07) is 12.3. The van der Waals surface area contributed by atoms with Crippen molar-refractivity contribution in [2.24, 2.45) is 0 Å². The van der Waals surface area contributed by atoms with Gasteiger partial charge in [0.1, 0.15) is 5.75 Å². The highest BCUT2D eigenvalue weighted by molar-refractivity contribution is 6.30. The van der Waals surface area contributed by atoms with E-state index in [1.54, 1.807) is 31.2 Å². The summed E-state index contributed by atoms with van der Waals surface area (Å²) in [5.74, 6) is 0.0605. The van der Waals surface area contributed by atoms with E-state index in [9.17, 15) is 14.9 Å². The van der Waals surface area contributed by atoms with Crippen LogP contribution >= 0.6 is 11.6 Å². The molecule has 3 rings (SSSR count). The van der Waals surface area contributed by atoms with Crippen molar-refractivity contribution in [3.8, 4) is 17.2 Å². The largest absolute Gasteiger partial charge is 0.482 e.